The number of carbonyl (C=O) groups excluding carboxylic acids is 1. The van der Waals surface area contributed by atoms with Gasteiger partial charge in [0.1, 0.15) is 12.4 Å². The van der Waals surface area contributed by atoms with Crippen LogP contribution in [0.15, 0.2) is 18.2 Å². The molecule has 0 spiro atoms. The molecule has 0 fully saturated rings. The maximum absolute atomic E-state index is 13.3. The Morgan fingerprint density at radius 3 is 2.63 bits per heavy atom. The van der Waals surface area contributed by atoms with Crippen LogP contribution >= 0.6 is 0 Å². The first kappa shape index (κ1) is 15.4. The van der Waals surface area contributed by atoms with Crippen molar-refractivity contribution in [3.8, 4) is 0 Å². The Morgan fingerprint density at radius 1 is 1.42 bits per heavy atom. The zero-order valence-electron chi connectivity index (χ0n) is 10.7. The third-order valence-corrected chi connectivity index (χ3v) is 4.70. The van der Waals surface area contributed by atoms with Gasteiger partial charge in [-0.1, -0.05) is 0 Å². The van der Waals surface area contributed by atoms with Gasteiger partial charge in [-0.3, -0.25) is 0 Å². The number of halogens is 1. The highest BCUT2D eigenvalue weighted by molar-refractivity contribution is 7.91. The molecule has 0 aliphatic carbocycles. The minimum absolute atomic E-state index is 0.225. The molecule has 19 heavy (non-hydrogen) atoms. The van der Waals surface area contributed by atoms with Gasteiger partial charge in [0, 0.05) is 5.69 Å². The first-order valence-electron chi connectivity index (χ1n) is 5.68. The van der Waals surface area contributed by atoms with Gasteiger partial charge in [0.25, 0.3) is 0 Å². The van der Waals surface area contributed by atoms with Gasteiger partial charge in [0.05, 0.1) is 16.6 Å². The summed E-state index contributed by atoms with van der Waals surface area (Å²) in [7, 11) is -3.29. The van der Waals surface area contributed by atoms with Gasteiger partial charge in [-0.2, -0.15) is 0 Å². The smallest absolute Gasteiger partial charge is 0.341 e. The van der Waals surface area contributed by atoms with Crippen molar-refractivity contribution in [2.24, 2.45) is 0 Å². The summed E-state index contributed by atoms with van der Waals surface area (Å²) in [6.07, 6.45) is 0. The predicted octanol–water partition coefficient (Wildman–Crippen LogP) is 1.39. The highest BCUT2D eigenvalue weighted by atomic mass is 32.2. The van der Waals surface area contributed by atoms with Crippen molar-refractivity contribution in [3.05, 3.63) is 29.6 Å². The van der Waals surface area contributed by atoms with Crippen LogP contribution in [0.2, 0.25) is 0 Å². The molecule has 1 aromatic rings. The minimum atomic E-state index is -3.29. The van der Waals surface area contributed by atoms with Gasteiger partial charge in [0.2, 0.25) is 0 Å². The molecule has 0 radical (unpaired) electrons. The first-order chi connectivity index (χ1) is 8.74. The topological polar surface area (TPSA) is 86.5 Å². The lowest BCUT2D eigenvalue weighted by molar-refractivity contribution is 0.0524. The van der Waals surface area contributed by atoms with Crippen LogP contribution in [0.4, 0.5) is 10.1 Å². The lowest BCUT2D eigenvalue weighted by atomic mass is 10.2. The standard InChI is InChI=1S/C12H16FNO4S/c1-8(2)19(16,17)6-5-18-12(15)10-7-9(14)3-4-11(10)13/h3-4,7-8H,5-6,14H2,1-2H3. The lowest BCUT2D eigenvalue weighted by Crippen LogP contribution is -2.22. The molecule has 2 N–H and O–H groups in total. The van der Waals surface area contributed by atoms with Crippen molar-refractivity contribution in [2.75, 3.05) is 18.1 Å². The van der Waals surface area contributed by atoms with Crippen LogP contribution in [0.1, 0.15) is 24.2 Å². The molecule has 5 nitrogen and oxygen atoms in total. The molecule has 7 heteroatoms. The summed E-state index contributed by atoms with van der Waals surface area (Å²) in [4.78, 5) is 11.6. The number of ether oxygens (including phenoxy) is 1. The Kier molecular flexibility index (Phi) is 4.88. The van der Waals surface area contributed by atoms with Gasteiger partial charge >= 0.3 is 5.97 Å². The molecule has 0 saturated carbocycles. The molecule has 0 aromatic heterocycles. The lowest BCUT2D eigenvalue weighted by Gasteiger charge is -2.09. The molecule has 106 valence electrons. The van der Waals surface area contributed by atoms with Gasteiger partial charge in [-0.25, -0.2) is 17.6 Å². The van der Waals surface area contributed by atoms with E-state index in [0.717, 1.165) is 12.1 Å². The fourth-order valence-electron chi connectivity index (χ4n) is 1.26. The molecule has 1 rings (SSSR count). The van der Waals surface area contributed by atoms with Gasteiger partial charge < -0.3 is 10.5 Å². The number of carbonyl (C=O) groups is 1. The van der Waals surface area contributed by atoms with Crippen molar-refractivity contribution < 1.29 is 22.3 Å². The number of rotatable bonds is 5. The molecule has 1 aromatic carbocycles. The molecular weight excluding hydrogens is 273 g/mol. The second kappa shape index (κ2) is 6.01. The maximum atomic E-state index is 13.3. The third-order valence-electron chi connectivity index (χ3n) is 2.53. The molecule has 0 saturated heterocycles. The highest BCUT2D eigenvalue weighted by Crippen LogP contribution is 2.13. The summed E-state index contributed by atoms with van der Waals surface area (Å²) in [5.74, 6) is -1.98. The Bertz CT molecular complexity index is 569. The largest absolute Gasteiger partial charge is 0.461 e. The molecule has 0 unspecified atom stereocenters. The summed E-state index contributed by atoms with van der Waals surface area (Å²) < 4.78 is 41.0. The predicted molar refractivity (Wildman–Crippen MR) is 70.0 cm³/mol. The third kappa shape index (κ3) is 4.20. The van der Waals surface area contributed by atoms with E-state index >= 15 is 0 Å². The summed E-state index contributed by atoms with van der Waals surface area (Å²) in [6.45, 7) is 2.76. The zero-order chi connectivity index (χ0) is 14.6. The number of hydrogen-bond acceptors (Lipinski definition) is 5. The average Bonchev–Trinajstić information content (AvgIpc) is 2.31. The number of anilines is 1. The summed E-state index contributed by atoms with van der Waals surface area (Å²) in [6, 6.07) is 3.51. The Hall–Kier alpha value is -1.63. The molecule has 0 amide bonds. The molecular formula is C12H16FNO4S. The van der Waals surface area contributed by atoms with Crippen molar-refractivity contribution in [2.45, 2.75) is 19.1 Å². The van der Waals surface area contributed by atoms with E-state index in [1.54, 1.807) is 0 Å². The van der Waals surface area contributed by atoms with E-state index < -0.39 is 26.9 Å². The minimum Gasteiger partial charge on any atom is -0.461 e. The quantitative estimate of drug-likeness (QED) is 0.654. The fourth-order valence-corrected chi connectivity index (χ4v) is 2.05. The van der Waals surface area contributed by atoms with Gasteiger partial charge in [-0.15, -0.1) is 0 Å². The molecule has 0 atom stereocenters. The molecule has 0 bridgehead atoms. The van der Waals surface area contributed by atoms with Crippen LogP contribution in [-0.4, -0.2) is 32.0 Å². The summed E-state index contributed by atoms with van der Waals surface area (Å²) >= 11 is 0. The summed E-state index contributed by atoms with van der Waals surface area (Å²) in [5.41, 5.74) is 5.35. The number of hydrogen-bond donors (Lipinski definition) is 1. The van der Waals surface area contributed by atoms with Crippen LogP contribution in [0.25, 0.3) is 0 Å². The van der Waals surface area contributed by atoms with Crippen molar-refractivity contribution in [3.63, 3.8) is 0 Å². The number of sulfone groups is 1. The van der Waals surface area contributed by atoms with Crippen LogP contribution < -0.4 is 5.73 Å². The van der Waals surface area contributed by atoms with Crippen LogP contribution in [0.5, 0.6) is 0 Å². The zero-order valence-corrected chi connectivity index (χ0v) is 11.5. The van der Waals surface area contributed by atoms with Crippen molar-refractivity contribution in [1.29, 1.82) is 0 Å². The molecule has 0 aliphatic heterocycles. The second-order valence-electron chi connectivity index (χ2n) is 4.29. The Morgan fingerprint density at radius 2 is 2.05 bits per heavy atom. The van der Waals surface area contributed by atoms with Gasteiger partial charge in [-0.05, 0) is 32.0 Å². The normalized spacial score (nSPS) is 11.6. The Labute approximate surface area is 111 Å². The van der Waals surface area contributed by atoms with E-state index in [1.165, 1.54) is 19.9 Å². The van der Waals surface area contributed by atoms with Crippen molar-refractivity contribution in [1.82, 2.24) is 0 Å². The van der Waals surface area contributed by atoms with E-state index in [1.807, 2.05) is 0 Å². The van der Waals surface area contributed by atoms with Crippen LogP contribution in [0.3, 0.4) is 0 Å². The van der Waals surface area contributed by atoms with E-state index in [-0.39, 0.29) is 23.6 Å². The van der Waals surface area contributed by atoms with E-state index in [0.29, 0.717) is 0 Å². The van der Waals surface area contributed by atoms with Gasteiger partial charge in [0.15, 0.2) is 9.84 Å². The summed E-state index contributed by atoms with van der Waals surface area (Å²) in [5, 5.41) is -0.546. The number of nitrogens with two attached hydrogens (primary N) is 1. The number of benzene rings is 1. The SMILES string of the molecule is CC(C)S(=O)(=O)CCOC(=O)c1cc(N)ccc1F. The number of esters is 1. The van der Waals surface area contributed by atoms with E-state index in [9.17, 15) is 17.6 Å². The number of nitrogen functional groups attached to an aromatic ring is 1. The highest BCUT2D eigenvalue weighted by Gasteiger charge is 2.18. The Balaban J connectivity index is 2.64. The molecule has 0 aliphatic rings. The monoisotopic (exact) mass is 289 g/mol. The average molecular weight is 289 g/mol. The van der Waals surface area contributed by atoms with Crippen molar-refractivity contribution >= 4 is 21.5 Å². The maximum Gasteiger partial charge on any atom is 0.341 e. The molecule has 0 heterocycles. The fraction of sp³-hybridized carbons (Fsp3) is 0.417. The first-order valence-corrected chi connectivity index (χ1v) is 7.39. The van der Waals surface area contributed by atoms with E-state index in [2.05, 4.69) is 0 Å². The van der Waals surface area contributed by atoms with Crippen LogP contribution in [0, 0.1) is 5.82 Å². The second-order valence-corrected chi connectivity index (χ2v) is 6.97. The van der Waals surface area contributed by atoms with E-state index in [4.69, 9.17) is 10.5 Å². The van der Waals surface area contributed by atoms with Crippen LogP contribution in [-0.2, 0) is 14.6 Å².